The summed E-state index contributed by atoms with van der Waals surface area (Å²) in [7, 11) is 0. The maximum absolute atomic E-state index is 13.6. The topological polar surface area (TPSA) is 150 Å². The fourth-order valence-corrected chi connectivity index (χ4v) is 5.55. The van der Waals surface area contributed by atoms with Crippen LogP contribution in [0.25, 0.3) is 0 Å². The van der Waals surface area contributed by atoms with E-state index in [0.717, 1.165) is 5.56 Å². The predicted molar refractivity (Wildman–Crippen MR) is 160 cm³/mol. The lowest BCUT2D eigenvalue weighted by Crippen LogP contribution is -2.60. The normalized spacial score (nSPS) is 17.2. The highest BCUT2D eigenvalue weighted by molar-refractivity contribution is 7.99. The Balaban J connectivity index is 1.74. The maximum Gasteiger partial charge on any atom is 0.258 e. The first-order valence-corrected chi connectivity index (χ1v) is 15.1. The molecule has 1 aliphatic heterocycles. The van der Waals surface area contributed by atoms with Crippen molar-refractivity contribution in [3.05, 3.63) is 60.4 Å². The molecular formula is C30H41N5O6S. The summed E-state index contributed by atoms with van der Waals surface area (Å²) >= 11 is 1.42. The number of hydrogen-bond acceptors (Lipinski definition) is 8. The smallest absolute Gasteiger partial charge is 0.258 e. The highest BCUT2D eigenvalue weighted by Gasteiger charge is 2.41. The van der Waals surface area contributed by atoms with Crippen LogP contribution in [0.3, 0.4) is 0 Å². The van der Waals surface area contributed by atoms with Gasteiger partial charge in [-0.2, -0.15) is 0 Å². The van der Waals surface area contributed by atoms with E-state index in [1.807, 2.05) is 51.1 Å². The first kappa shape index (κ1) is 32.9. The summed E-state index contributed by atoms with van der Waals surface area (Å²) < 4.78 is 5.44. The van der Waals surface area contributed by atoms with E-state index >= 15 is 0 Å². The number of aliphatic hydroxyl groups is 1. The van der Waals surface area contributed by atoms with Gasteiger partial charge in [-0.1, -0.05) is 44.2 Å². The summed E-state index contributed by atoms with van der Waals surface area (Å²) in [6.07, 6.45) is 1.58. The molecule has 1 aromatic heterocycles. The lowest BCUT2D eigenvalue weighted by Gasteiger charge is -2.32. The van der Waals surface area contributed by atoms with Crippen molar-refractivity contribution in [2.75, 3.05) is 18.2 Å². The van der Waals surface area contributed by atoms with Gasteiger partial charge >= 0.3 is 0 Å². The summed E-state index contributed by atoms with van der Waals surface area (Å²) in [6.45, 7) is 8.80. The molecular weight excluding hydrogens is 558 g/mol. The average molecular weight is 600 g/mol. The third-order valence-corrected chi connectivity index (χ3v) is 7.51. The number of hydrogen-bond donors (Lipinski definition) is 4. The number of aliphatic hydroxyl groups excluding tert-OH is 1. The molecule has 42 heavy (non-hydrogen) atoms. The molecule has 4 N–H and O–H groups in total. The summed E-state index contributed by atoms with van der Waals surface area (Å²) in [5.74, 6) is -1.26. The standard InChI is InChI=1S/C30H41N5O6S/c1-19(2)25(33-24(36)16-41-21-12-9-13-31-15-21)28(39)32-22(14-20-10-7-6-8-11-20)26(37)29(40)35-18-42-17-23(35)27(38)34-30(3,4)5/h6-13,15,19,22-23,25-26,37H,14,16-18H2,1-5H3,(H,32,39)(H,33,36)(H,34,38). The predicted octanol–water partition coefficient (Wildman–Crippen LogP) is 1.51. The van der Waals surface area contributed by atoms with Gasteiger partial charge in [0, 0.05) is 17.5 Å². The van der Waals surface area contributed by atoms with Crippen molar-refractivity contribution in [1.29, 1.82) is 0 Å². The number of benzene rings is 1. The maximum atomic E-state index is 13.6. The van der Waals surface area contributed by atoms with E-state index in [-0.39, 0.29) is 30.7 Å². The van der Waals surface area contributed by atoms with Gasteiger partial charge in [0.1, 0.15) is 17.8 Å². The quantitative estimate of drug-likeness (QED) is 0.287. The van der Waals surface area contributed by atoms with E-state index in [0.29, 0.717) is 11.5 Å². The largest absolute Gasteiger partial charge is 0.482 e. The Hall–Kier alpha value is -3.64. The van der Waals surface area contributed by atoms with E-state index in [4.69, 9.17) is 4.74 Å². The first-order chi connectivity index (χ1) is 19.9. The van der Waals surface area contributed by atoms with Crippen LogP contribution in [-0.2, 0) is 25.6 Å². The van der Waals surface area contributed by atoms with Gasteiger partial charge in [0.15, 0.2) is 12.7 Å². The minimum Gasteiger partial charge on any atom is -0.482 e. The molecule has 1 aliphatic rings. The van der Waals surface area contributed by atoms with Gasteiger partial charge in [-0.05, 0) is 50.8 Å². The Morgan fingerprint density at radius 3 is 2.43 bits per heavy atom. The number of carbonyl (C=O) groups is 4. The van der Waals surface area contributed by atoms with E-state index in [9.17, 15) is 24.3 Å². The van der Waals surface area contributed by atoms with Gasteiger partial charge in [-0.15, -0.1) is 11.8 Å². The number of amides is 4. The van der Waals surface area contributed by atoms with Crippen molar-refractivity contribution in [3.8, 4) is 5.75 Å². The van der Waals surface area contributed by atoms with Gasteiger partial charge in [-0.3, -0.25) is 24.2 Å². The number of ether oxygens (including phenoxy) is 1. The Morgan fingerprint density at radius 2 is 1.81 bits per heavy atom. The third-order valence-electron chi connectivity index (χ3n) is 6.50. The second-order valence-corrected chi connectivity index (χ2v) is 12.6. The van der Waals surface area contributed by atoms with Gasteiger partial charge in [-0.25, -0.2) is 0 Å². The molecule has 12 heteroatoms. The molecule has 0 radical (unpaired) electrons. The molecule has 2 aromatic rings. The molecule has 1 saturated heterocycles. The van der Waals surface area contributed by atoms with Gasteiger partial charge < -0.3 is 30.7 Å². The summed E-state index contributed by atoms with van der Waals surface area (Å²) in [6, 6.07) is 9.78. The number of aromatic nitrogens is 1. The Bertz CT molecular complexity index is 1210. The van der Waals surface area contributed by atoms with Gasteiger partial charge in [0.2, 0.25) is 11.8 Å². The zero-order valence-corrected chi connectivity index (χ0v) is 25.5. The monoisotopic (exact) mass is 599 g/mol. The van der Waals surface area contributed by atoms with Crippen LogP contribution in [0, 0.1) is 5.92 Å². The van der Waals surface area contributed by atoms with Crippen molar-refractivity contribution in [2.45, 2.75) is 70.8 Å². The van der Waals surface area contributed by atoms with Crippen molar-refractivity contribution in [1.82, 2.24) is 25.8 Å². The fraction of sp³-hybridized carbons (Fsp3) is 0.500. The number of carbonyl (C=O) groups excluding carboxylic acids is 4. The molecule has 4 unspecified atom stereocenters. The van der Waals surface area contributed by atoms with Crippen molar-refractivity contribution < 1.29 is 29.0 Å². The van der Waals surface area contributed by atoms with Crippen LogP contribution in [0.15, 0.2) is 54.9 Å². The SMILES string of the molecule is CC(C)C(NC(=O)COc1cccnc1)C(=O)NC(Cc1ccccc1)C(O)C(=O)N1CSCC1C(=O)NC(C)(C)C. The molecule has 0 aliphatic carbocycles. The summed E-state index contributed by atoms with van der Waals surface area (Å²) in [5.41, 5.74) is 0.309. The molecule has 1 fully saturated rings. The zero-order valence-electron chi connectivity index (χ0n) is 24.7. The van der Waals surface area contributed by atoms with E-state index in [2.05, 4.69) is 20.9 Å². The average Bonchev–Trinajstić information content (AvgIpc) is 3.44. The fourth-order valence-electron chi connectivity index (χ4n) is 4.39. The molecule has 3 rings (SSSR count). The van der Waals surface area contributed by atoms with Crippen molar-refractivity contribution >= 4 is 35.4 Å². The Morgan fingerprint density at radius 1 is 1.10 bits per heavy atom. The molecule has 4 atom stereocenters. The van der Waals surface area contributed by atoms with Crippen LogP contribution in [0.1, 0.15) is 40.2 Å². The van der Waals surface area contributed by atoms with Crippen LogP contribution >= 0.6 is 11.8 Å². The lowest BCUT2D eigenvalue weighted by atomic mass is 9.97. The third kappa shape index (κ3) is 9.73. The molecule has 228 valence electrons. The highest BCUT2D eigenvalue weighted by Crippen LogP contribution is 2.24. The lowest BCUT2D eigenvalue weighted by molar-refractivity contribution is -0.147. The second kappa shape index (κ2) is 15.0. The first-order valence-electron chi connectivity index (χ1n) is 13.9. The molecule has 0 spiro atoms. The van der Waals surface area contributed by atoms with E-state index < -0.39 is 47.5 Å². The van der Waals surface area contributed by atoms with E-state index in [1.165, 1.54) is 22.9 Å². The number of nitrogens with one attached hydrogen (secondary N) is 3. The van der Waals surface area contributed by atoms with Crippen LogP contribution < -0.4 is 20.7 Å². The Kier molecular flexibility index (Phi) is 11.7. The molecule has 4 amide bonds. The minimum absolute atomic E-state index is 0.155. The van der Waals surface area contributed by atoms with Crippen LogP contribution in [0.2, 0.25) is 0 Å². The number of thioether (sulfide) groups is 1. The zero-order chi connectivity index (χ0) is 30.9. The molecule has 2 heterocycles. The summed E-state index contributed by atoms with van der Waals surface area (Å²) in [4.78, 5) is 57.9. The van der Waals surface area contributed by atoms with Crippen molar-refractivity contribution in [2.24, 2.45) is 5.92 Å². The highest BCUT2D eigenvalue weighted by atomic mass is 32.2. The van der Waals surface area contributed by atoms with Gasteiger partial charge in [0.25, 0.3) is 11.8 Å². The van der Waals surface area contributed by atoms with Gasteiger partial charge in [0.05, 0.1) is 18.1 Å². The van der Waals surface area contributed by atoms with Crippen LogP contribution in [-0.4, -0.2) is 86.6 Å². The minimum atomic E-state index is -1.63. The van der Waals surface area contributed by atoms with Crippen LogP contribution in [0.4, 0.5) is 0 Å². The molecule has 0 bridgehead atoms. The number of pyridine rings is 1. The van der Waals surface area contributed by atoms with E-state index in [1.54, 1.807) is 32.2 Å². The van der Waals surface area contributed by atoms with Crippen molar-refractivity contribution in [3.63, 3.8) is 0 Å². The number of rotatable bonds is 12. The number of nitrogens with zero attached hydrogens (tertiary/aromatic N) is 2. The van der Waals surface area contributed by atoms with Crippen LogP contribution in [0.5, 0.6) is 5.75 Å². The summed E-state index contributed by atoms with van der Waals surface area (Å²) in [5, 5.41) is 19.7. The second-order valence-electron chi connectivity index (χ2n) is 11.6. The molecule has 11 nitrogen and oxygen atoms in total. The molecule has 1 aromatic carbocycles. The molecule has 0 saturated carbocycles. The Labute approximate surface area is 251 Å².